The van der Waals surface area contributed by atoms with Gasteiger partial charge in [0.2, 0.25) is 0 Å². The van der Waals surface area contributed by atoms with Gasteiger partial charge in [-0.05, 0) is 35.9 Å². The molecule has 1 aliphatic rings. The number of halogens is 1. The zero-order valence-corrected chi connectivity index (χ0v) is 14.2. The van der Waals surface area contributed by atoms with Crippen molar-refractivity contribution in [3.8, 4) is 22.9 Å². The second-order valence-corrected chi connectivity index (χ2v) is 6.04. The van der Waals surface area contributed by atoms with Crippen molar-refractivity contribution in [2.24, 2.45) is 0 Å². The Labute approximate surface area is 155 Å². The quantitative estimate of drug-likeness (QED) is 0.698. The molecule has 132 valence electrons. The fourth-order valence-electron chi connectivity index (χ4n) is 3.06. The molecular formula is C21H14FN3O2. The van der Waals surface area contributed by atoms with Crippen molar-refractivity contribution >= 4 is 11.6 Å². The lowest BCUT2D eigenvalue weighted by molar-refractivity contribution is 0.0976. The van der Waals surface area contributed by atoms with Crippen molar-refractivity contribution in [3.05, 3.63) is 77.9 Å². The number of hydrogen-bond donors (Lipinski definition) is 0. The van der Waals surface area contributed by atoms with Crippen LogP contribution in [0.5, 0.6) is 5.75 Å². The van der Waals surface area contributed by atoms with E-state index in [0.29, 0.717) is 30.2 Å². The third-order valence-corrected chi connectivity index (χ3v) is 4.37. The van der Waals surface area contributed by atoms with Gasteiger partial charge in [0, 0.05) is 17.3 Å². The monoisotopic (exact) mass is 359 g/mol. The number of nitriles is 1. The summed E-state index contributed by atoms with van der Waals surface area (Å²) in [6.07, 6.45) is 3.23. The van der Waals surface area contributed by atoms with Crippen molar-refractivity contribution < 1.29 is 13.9 Å². The summed E-state index contributed by atoms with van der Waals surface area (Å²) in [5.41, 5.74) is 2.93. The van der Waals surface area contributed by atoms with Gasteiger partial charge in [-0.15, -0.1) is 0 Å². The molecule has 1 amide bonds. The van der Waals surface area contributed by atoms with Crippen LogP contribution in [0.3, 0.4) is 0 Å². The number of pyridine rings is 1. The van der Waals surface area contributed by atoms with Gasteiger partial charge in [0.25, 0.3) is 5.91 Å². The van der Waals surface area contributed by atoms with E-state index in [-0.39, 0.29) is 11.5 Å². The van der Waals surface area contributed by atoms with Crippen LogP contribution in [0.2, 0.25) is 0 Å². The van der Waals surface area contributed by atoms with Crippen LogP contribution in [-0.4, -0.2) is 24.0 Å². The predicted octanol–water partition coefficient (Wildman–Crippen LogP) is 3.80. The molecule has 0 unspecified atom stereocenters. The molecule has 1 aromatic heterocycles. The lowest BCUT2D eigenvalue weighted by Gasteiger charge is -2.30. The molecule has 2 heterocycles. The molecule has 0 aliphatic carbocycles. The third-order valence-electron chi connectivity index (χ3n) is 4.37. The summed E-state index contributed by atoms with van der Waals surface area (Å²) in [4.78, 5) is 18.7. The number of nitrogens with zero attached hydrogens (tertiary/aromatic N) is 3. The molecule has 0 atom stereocenters. The maximum atomic E-state index is 13.5. The minimum absolute atomic E-state index is 0.270. The molecule has 27 heavy (non-hydrogen) atoms. The molecule has 0 saturated heterocycles. The van der Waals surface area contributed by atoms with E-state index in [2.05, 4.69) is 11.1 Å². The first-order chi connectivity index (χ1) is 13.2. The number of hydrogen-bond acceptors (Lipinski definition) is 4. The van der Waals surface area contributed by atoms with Crippen LogP contribution in [0.15, 0.2) is 60.9 Å². The third kappa shape index (κ3) is 3.11. The lowest BCUT2D eigenvalue weighted by atomic mass is 10.0. The molecule has 5 nitrogen and oxygen atoms in total. The van der Waals surface area contributed by atoms with E-state index in [1.54, 1.807) is 35.5 Å². The number of anilines is 1. The van der Waals surface area contributed by atoms with Gasteiger partial charge in [0.1, 0.15) is 18.1 Å². The highest BCUT2D eigenvalue weighted by atomic mass is 19.1. The first-order valence-corrected chi connectivity index (χ1v) is 8.36. The number of carbonyl (C=O) groups is 1. The topological polar surface area (TPSA) is 66.2 Å². The molecule has 4 rings (SSSR count). The molecule has 0 bridgehead atoms. The Morgan fingerprint density at radius 3 is 2.74 bits per heavy atom. The fraction of sp³-hybridized carbons (Fsp3) is 0.0952. The van der Waals surface area contributed by atoms with E-state index in [4.69, 9.17) is 10.00 Å². The maximum absolute atomic E-state index is 13.5. The summed E-state index contributed by atoms with van der Waals surface area (Å²) in [6.45, 7) is 0.669. The summed E-state index contributed by atoms with van der Waals surface area (Å²) >= 11 is 0. The van der Waals surface area contributed by atoms with E-state index in [9.17, 15) is 9.18 Å². The summed E-state index contributed by atoms with van der Waals surface area (Å²) in [6, 6.07) is 14.7. The summed E-state index contributed by atoms with van der Waals surface area (Å²) < 4.78 is 19.3. The average molecular weight is 359 g/mol. The van der Waals surface area contributed by atoms with Crippen molar-refractivity contribution in [1.29, 1.82) is 5.26 Å². The summed E-state index contributed by atoms with van der Waals surface area (Å²) in [5.74, 6) is -0.220. The van der Waals surface area contributed by atoms with E-state index < -0.39 is 5.82 Å². The Hall–Kier alpha value is -3.72. The molecule has 2 aromatic carbocycles. The normalized spacial score (nSPS) is 12.7. The highest BCUT2D eigenvalue weighted by Crippen LogP contribution is 2.40. The Balaban J connectivity index is 1.75. The van der Waals surface area contributed by atoms with Gasteiger partial charge in [-0.3, -0.25) is 9.78 Å². The molecular weight excluding hydrogens is 345 g/mol. The van der Waals surface area contributed by atoms with Gasteiger partial charge in [-0.2, -0.15) is 5.26 Å². The van der Waals surface area contributed by atoms with E-state index in [1.165, 1.54) is 18.2 Å². The van der Waals surface area contributed by atoms with Gasteiger partial charge in [0.05, 0.1) is 24.4 Å². The lowest BCUT2D eigenvalue weighted by Crippen LogP contribution is -2.38. The fourth-order valence-corrected chi connectivity index (χ4v) is 3.06. The van der Waals surface area contributed by atoms with Crippen molar-refractivity contribution in [1.82, 2.24) is 4.98 Å². The van der Waals surface area contributed by atoms with Crippen LogP contribution in [0.1, 0.15) is 15.9 Å². The molecule has 1 aliphatic heterocycles. The Morgan fingerprint density at radius 2 is 2.00 bits per heavy atom. The highest BCUT2D eigenvalue weighted by molar-refractivity contribution is 6.07. The average Bonchev–Trinajstić information content (AvgIpc) is 2.72. The minimum Gasteiger partial charge on any atom is -0.489 e. The summed E-state index contributed by atoms with van der Waals surface area (Å²) in [7, 11) is 0. The number of fused-ring (bicyclic) bond motifs is 1. The Morgan fingerprint density at radius 1 is 1.19 bits per heavy atom. The van der Waals surface area contributed by atoms with Gasteiger partial charge >= 0.3 is 0 Å². The van der Waals surface area contributed by atoms with Gasteiger partial charge in [-0.25, -0.2) is 4.39 Å². The number of aromatic nitrogens is 1. The van der Waals surface area contributed by atoms with Crippen LogP contribution < -0.4 is 9.64 Å². The molecule has 0 radical (unpaired) electrons. The molecule has 0 N–H and O–H groups in total. The van der Waals surface area contributed by atoms with E-state index >= 15 is 0 Å². The van der Waals surface area contributed by atoms with Gasteiger partial charge < -0.3 is 9.64 Å². The van der Waals surface area contributed by atoms with Crippen molar-refractivity contribution in [3.63, 3.8) is 0 Å². The zero-order chi connectivity index (χ0) is 18.8. The standard InChI is InChI=1S/C21H14FN3O2/c22-17-3-1-2-16(10-17)21(26)25-8-9-27-20-18(12-24-13-19(20)25)15-6-4-14(11-23)5-7-15/h1-7,10,12-13H,8-9H2. The first-order valence-electron chi connectivity index (χ1n) is 8.36. The van der Waals surface area contributed by atoms with Crippen molar-refractivity contribution in [2.45, 2.75) is 0 Å². The van der Waals surface area contributed by atoms with Crippen LogP contribution in [0.25, 0.3) is 11.1 Å². The number of ether oxygens (including phenoxy) is 1. The van der Waals surface area contributed by atoms with Crippen LogP contribution in [0, 0.1) is 17.1 Å². The van der Waals surface area contributed by atoms with E-state index in [1.807, 2.05) is 12.1 Å². The summed E-state index contributed by atoms with van der Waals surface area (Å²) in [5, 5.41) is 8.96. The predicted molar refractivity (Wildman–Crippen MR) is 98.0 cm³/mol. The maximum Gasteiger partial charge on any atom is 0.258 e. The molecule has 3 aromatic rings. The van der Waals surface area contributed by atoms with Gasteiger partial charge in [0.15, 0.2) is 5.75 Å². The zero-order valence-electron chi connectivity index (χ0n) is 14.2. The van der Waals surface area contributed by atoms with Gasteiger partial charge in [-0.1, -0.05) is 18.2 Å². The van der Waals surface area contributed by atoms with Crippen LogP contribution >= 0.6 is 0 Å². The second-order valence-electron chi connectivity index (χ2n) is 6.04. The Kier molecular flexibility index (Phi) is 4.27. The van der Waals surface area contributed by atoms with Crippen LogP contribution in [0.4, 0.5) is 10.1 Å². The molecule has 0 fully saturated rings. The number of amides is 1. The SMILES string of the molecule is N#Cc1ccc(-c2cncc3c2OCCN3C(=O)c2cccc(F)c2)cc1. The second kappa shape index (κ2) is 6.89. The smallest absolute Gasteiger partial charge is 0.258 e. The molecule has 0 saturated carbocycles. The Bertz CT molecular complexity index is 1060. The first kappa shape index (κ1) is 16.7. The molecule has 6 heteroatoms. The molecule has 0 spiro atoms. The number of rotatable bonds is 2. The largest absolute Gasteiger partial charge is 0.489 e. The van der Waals surface area contributed by atoms with E-state index in [0.717, 1.165) is 11.1 Å². The number of carbonyl (C=O) groups excluding carboxylic acids is 1. The van der Waals surface area contributed by atoms with Crippen molar-refractivity contribution in [2.75, 3.05) is 18.1 Å². The van der Waals surface area contributed by atoms with Crippen LogP contribution in [-0.2, 0) is 0 Å². The highest BCUT2D eigenvalue weighted by Gasteiger charge is 2.27. The minimum atomic E-state index is -0.459. The number of benzene rings is 2.